The number of nitrogens with one attached hydrogen (secondary N) is 2. The first-order chi connectivity index (χ1) is 12.7. The lowest BCUT2D eigenvalue weighted by Crippen LogP contribution is -2.33. The Kier molecular flexibility index (Phi) is 6.32. The van der Waals surface area contributed by atoms with Gasteiger partial charge in [-0.2, -0.15) is 13.9 Å². The smallest absolute Gasteiger partial charge is 0.387 e. The Labute approximate surface area is 154 Å². The van der Waals surface area contributed by atoms with Crippen molar-refractivity contribution in [3.8, 4) is 11.5 Å². The third kappa shape index (κ3) is 4.93. The van der Waals surface area contributed by atoms with Crippen LogP contribution in [0.5, 0.6) is 11.5 Å². The normalized spacial score (nSPS) is 10.6. The van der Waals surface area contributed by atoms with Crippen molar-refractivity contribution in [3.05, 3.63) is 35.2 Å². The fourth-order valence-electron chi connectivity index (χ4n) is 2.40. The number of benzene rings is 1. The molecule has 10 heteroatoms. The lowest BCUT2D eigenvalue weighted by molar-refractivity contribution is -0.115. The maximum Gasteiger partial charge on any atom is 0.387 e. The largest absolute Gasteiger partial charge is 0.493 e. The zero-order valence-corrected chi connectivity index (χ0v) is 15.3. The quantitative estimate of drug-likeness (QED) is 0.764. The SMILES string of the molecule is COc1cc(C(=O)NCC(=O)Nc2c(C)nn(C)c2C)ccc1OC(F)F. The molecule has 0 atom stereocenters. The number of anilines is 1. The Morgan fingerprint density at radius 3 is 2.52 bits per heavy atom. The number of rotatable bonds is 7. The summed E-state index contributed by atoms with van der Waals surface area (Å²) in [6.07, 6.45) is 0. The van der Waals surface area contributed by atoms with Crippen LogP contribution in [0.4, 0.5) is 14.5 Å². The molecule has 0 saturated carbocycles. The lowest BCUT2D eigenvalue weighted by atomic mass is 10.2. The minimum absolute atomic E-state index is 0.0194. The van der Waals surface area contributed by atoms with Crippen molar-refractivity contribution >= 4 is 17.5 Å². The molecule has 0 bridgehead atoms. The number of carbonyl (C=O) groups excluding carboxylic acids is 2. The number of aromatic nitrogens is 2. The average Bonchev–Trinajstić information content (AvgIpc) is 2.85. The molecule has 0 radical (unpaired) electrons. The summed E-state index contributed by atoms with van der Waals surface area (Å²) in [4.78, 5) is 24.3. The highest BCUT2D eigenvalue weighted by atomic mass is 19.3. The molecule has 2 aromatic rings. The van der Waals surface area contributed by atoms with Crippen LogP contribution in [0.3, 0.4) is 0 Å². The number of aryl methyl sites for hydroxylation is 2. The third-order valence-corrected chi connectivity index (χ3v) is 3.82. The standard InChI is InChI=1S/C17H20F2N4O4/c1-9-15(10(2)23(3)22-9)21-14(24)8-20-16(25)11-5-6-12(27-17(18)19)13(7-11)26-4/h5-7,17H,8H2,1-4H3,(H,20,25)(H,21,24). The summed E-state index contributed by atoms with van der Waals surface area (Å²) in [5.41, 5.74) is 2.17. The van der Waals surface area contributed by atoms with Crippen LogP contribution in [-0.2, 0) is 11.8 Å². The Hall–Kier alpha value is -3.17. The van der Waals surface area contributed by atoms with E-state index in [0.29, 0.717) is 11.4 Å². The highest BCUT2D eigenvalue weighted by Crippen LogP contribution is 2.29. The van der Waals surface area contributed by atoms with Crippen molar-refractivity contribution in [2.45, 2.75) is 20.5 Å². The number of carbonyl (C=O) groups is 2. The molecule has 8 nitrogen and oxygen atoms in total. The lowest BCUT2D eigenvalue weighted by Gasteiger charge is -2.11. The summed E-state index contributed by atoms with van der Waals surface area (Å²) in [7, 11) is 3.02. The maximum absolute atomic E-state index is 12.3. The van der Waals surface area contributed by atoms with Gasteiger partial charge >= 0.3 is 6.61 Å². The Bertz CT molecular complexity index is 852. The number of amides is 2. The fourth-order valence-corrected chi connectivity index (χ4v) is 2.40. The zero-order chi connectivity index (χ0) is 20.1. The molecule has 0 saturated heterocycles. The summed E-state index contributed by atoms with van der Waals surface area (Å²) in [6, 6.07) is 3.74. The van der Waals surface area contributed by atoms with Crippen molar-refractivity contribution < 1.29 is 27.8 Å². The molecule has 27 heavy (non-hydrogen) atoms. The summed E-state index contributed by atoms with van der Waals surface area (Å²) in [5, 5.41) is 9.34. The Balaban J connectivity index is 1.99. The van der Waals surface area contributed by atoms with Crippen LogP contribution in [0, 0.1) is 13.8 Å². The Morgan fingerprint density at radius 2 is 1.96 bits per heavy atom. The van der Waals surface area contributed by atoms with Crippen LogP contribution in [-0.4, -0.2) is 41.9 Å². The van der Waals surface area contributed by atoms with Crippen molar-refractivity contribution in [1.29, 1.82) is 0 Å². The molecular formula is C17H20F2N4O4. The van der Waals surface area contributed by atoms with E-state index in [-0.39, 0.29) is 23.6 Å². The fraction of sp³-hybridized carbons (Fsp3) is 0.353. The van der Waals surface area contributed by atoms with Gasteiger partial charge in [-0.1, -0.05) is 0 Å². The van der Waals surface area contributed by atoms with Crippen LogP contribution < -0.4 is 20.1 Å². The van der Waals surface area contributed by atoms with Gasteiger partial charge in [-0.15, -0.1) is 0 Å². The van der Waals surface area contributed by atoms with Crippen molar-refractivity contribution in [2.24, 2.45) is 7.05 Å². The molecule has 2 N–H and O–H groups in total. The molecule has 146 valence electrons. The van der Waals surface area contributed by atoms with Gasteiger partial charge in [0, 0.05) is 12.6 Å². The predicted molar refractivity (Wildman–Crippen MR) is 93.3 cm³/mol. The van der Waals surface area contributed by atoms with Gasteiger partial charge in [-0.25, -0.2) is 0 Å². The molecule has 1 heterocycles. The van der Waals surface area contributed by atoms with Crippen molar-refractivity contribution in [2.75, 3.05) is 19.0 Å². The van der Waals surface area contributed by atoms with Crippen LogP contribution in [0.15, 0.2) is 18.2 Å². The number of ether oxygens (including phenoxy) is 2. The van der Waals surface area contributed by atoms with Crippen molar-refractivity contribution in [1.82, 2.24) is 15.1 Å². The van der Waals surface area contributed by atoms with Gasteiger partial charge in [0.25, 0.3) is 5.91 Å². The second-order valence-electron chi connectivity index (χ2n) is 5.64. The van der Waals surface area contributed by atoms with Crippen molar-refractivity contribution in [3.63, 3.8) is 0 Å². The summed E-state index contributed by atoms with van der Waals surface area (Å²) in [5.74, 6) is -1.20. The Morgan fingerprint density at radius 1 is 1.26 bits per heavy atom. The summed E-state index contributed by atoms with van der Waals surface area (Å²) in [6.45, 7) is 0.283. The van der Waals surface area contributed by atoms with E-state index < -0.39 is 18.4 Å². The van der Waals surface area contributed by atoms with Gasteiger partial charge in [-0.05, 0) is 32.0 Å². The van der Waals surface area contributed by atoms with Crippen LogP contribution >= 0.6 is 0 Å². The van der Waals surface area contributed by atoms with Crippen LogP contribution in [0.1, 0.15) is 21.7 Å². The van der Waals surface area contributed by atoms with Gasteiger partial charge in [0.2, 0.25) is 5.91 Å². The summed E-state index contributed by atoms with van der Waals surface area (Å²) >= 11 is 0. The number of hydrogen-bond donors (Lipinski definition) is 2. The highest BCUT2D eigenvalue weighted by molar-refractivity contribution is 6.00. The molecule has 0 fully saturated rings. The van der Waals surface area contributed by atoms with E-state index >= 15 is 0 Å². The maximum atomic E-state index is 12.3. The molecule has 2 rings (SSSR count). The molecule has 0 spiro atoms. The second kappa shape index (κ2) is 8.47. The van der Waals surface area contributed by atoms with Gasteiger partial charge in [0.1, 0.15) is 0 Å². The van der Waals surface area contributed by atoms with Crippen LogP contribution in [0.25, 0.3) is 0 Å². The molecule has 0 aliphatic carbocycles. The van der Waals surface area contributed by atoms with E-state index in [2.05, 4.69) is 20.5 Å². The molecular weight excluding hydrogens is 362 g/mol. The first-order valence-electron chi connectivity index (χ1n) is 7.94. The van der Waals surface area contributed by atoms with E-state index in [1.807, 2.05) is 6.92 Å². The number of nitrogens with zero attached hydrogens (tertiary/aromatic N) is 2. The number of methoxy groups -OCH3 is 1. The molecule has 1 aromatic heterocycles. The summed E-state index contributed by atoms with van der Waals surface area (Å²) < 4.78 is 35.5. The van der Waals surface area contributed by atoms with E-state index in [9.17, 15) is 18.4 Å². The van der Waals surface area contributed by atoms with Gasteiger partial charge in [-0.3, -0.25) is 14.3 Å². The third-order valence-electron chi connectivity index (χ3n) is 3.82. The van der Waals surface area contributed by atoms with E-state index in [1.54, 1.807) is 18.7 Å². The number of hydrogen-bond acceptors (Lipinski definition) is 5. The van der Waals surface area contributed by atoms with E-state index in [0.717, 1.165) is 5.69 Å². The molecule has 0 aliphatic heterocycles. The minimum Gasteiger partial charge on any atom is -0.493 e. The average molecular weight is 382 g/mol. The number of alkyl halides is 2. The molecule has 0 unspecified atom stereocenters. The minimum atomic E-state index is -3.01. The molecule has 2 amide bonds. The van der Waals surface area contributed by atoms with Gasteiger partial charge in [0.05, 0.1) is 30.7 Å². The first-order valence-corrected chi connectivity index (χ1v) is 7.94. The molecule has 1 aromatic carbocycles. The van der Waals surface area contributed by atoms with E-state index in [1.165, 1.54) is 25.3 Å². The monoisotopic (exact) mass is 382 g/mol. The highest BCUT2D eigenvalue weighted by Gasteiger charge is 2.16. The van der Waals surface area contributed by atoms with Gasteiger partial charge < -0.3 is 20.1 Å². The predicted octanol–water partition coefficient (Wildman–Crippen LogP) is 2.02. The second-order valence-corrected chi connectivity index (χ2v) is 5.64. The zero-order valence-electron chi connectivity index (χ0n) is 15.3. The topological polar surface area (TPSA) is 94.5 Å². The van der Waals surface area contributed by atoms with Gasteiger partial charge in [0.15, 0.2) is 11.5 Å². The van der Waals surface area contributed by atoms with E-state index in [4.69, 9.17) is 4.74 Å². The molecule has 0 aliphatic rings. The van der Waals surface area contributed by atoms with Crippen LogP contribution in [0.2, 0.25) is 0 Å². The number of halogens is 2. The first kappa shape index (κ1) is 20.1.